The van der Waals surface area contributed by atoms with Gasteiger partial charge in [-0.1, -0.05) is 28.9 Å². The van der Waals surface area contributed by atoms with Gasteiger partial charge in [-0.3, -0.25) is 4.90 Å². The molecule has 0 bridgehead atoms. The van der Waals surface area contributed by atoms with E-state index in [2.05, 4.69) is 39.0 Å². The third-order valence-electron chi connectivity index (χ3n) is 2.90. The first kappa shape index (κ1) is 11.1. The monoisotopic (exact) mass is 269 g/mol. The maximum Gasteiger partial charge on any atom is 0.0664 e. The third kappa shape index (κ3) is 2.60. The predicted molar refractivity (Wildman–Crippen MR) is 64.6 cm³/mol. The quantitative estimate of drug-likeness (QED) is 0.912. The van der Waals surface area contributed by atoms with Crippen LogP contribution in [-0.2, 0) is 13.1 Å². The highest BCUT2D eigenvalue weighted by molar-refractivity contribution is 9.10. The van der Waals surface area contributed by atoms with Gasteiger partial charge in [-0.15, -0.1) is 0 Å². The Labute approximate surface area is 99.0 Å². The zero-order chi connectivity index (χ0) is 10.8. The smallest absolute Gasteiger partial charge is 0.0664 e. The fourth-order valence-electron chi connectivity index (χ4n) is 1.99. The summed E-state index contributed by atoms with van der Waals surface area (Å²) in [5, 5.41) is 9.60. The van der Waals surface area contributed by atoms with Gasteiger partial charge in [-0.05, 0) is 29.7 Å². The van der Waals surface area contributed by atoms with Crippen LogP contribution in [-0.4, -0.2) is 22.7 Å². The zero-order valence-corrected chi connectivity index (χ0v) is 10.5. The molecule has 1 heterocycles. The molecule has 0 fully saturated rings. The number of aliphatic hydroxyl groups is 1. The predicted octanol–water partition coefficient (Wildman–Crippen LogP) is 2.54. The molecule has 1 aliphatic heterocycles. The van der Waals surface area contributed by atoms with Crippen molar-refractivity contribution < 1.29 is 5.11 Å². The number of hydrogen-bond acceptors (Lipinski definition) is 2. The van der Waals surface area contributed by atoms with Gasteiger partial charge in [-0.25, -0.2) is 0 Å². The van der Waals surface area contributed by atoms with Crippen LogP contribution in [0.4, 0.5) is 0 Å². The standard InChI is InChI=1S/C12H16BrNO/c1-2-12(15)8-14-6-9-3-4-11(13)5-10(9)7-14/h3-5,12,15H,2,6-8H2,1H3/t12-/m0/s1. The molecule has 2 rings (SSSR count). The molecule has 1 aliphatic rings. The topological polar surface area (TPSA) is 23.5 Å². The third-order valence-corrected chi connectivity index (χ3v) is 3.39. The van der Waals surface area contributed by atoms with Gasteiger partial charge in [0.2, 0.25) is 0 Å². The molecule has 0 aliphatic carbocycles. The van der Waals surface area contributed by atoms with Gasteiger partial charge in [0.25, 0.3) is 0 Å². The first-order valence-corrected chi connectivity index (χ1v) is 6.16. The maximum absolute atomic E-state index is 9.60. The maximum atomic E-state index is 9.60. The minimum atomic E-state index is -0.192. The molecule has 1 N–H and O–H groups in total. The molecular formula is C12H16BrNO. The summed E-state index contributed by atoms with van der Waals surface area (Å²) in [6.07, 6.45) is 0.638. The minimum Gasteiger partial charge on any atom is -0.392 e. The Balaban J connectivity index is 2.03. The Kier molecular flexibility index (Phi) is 3.44. The molecule has 2 nitrogen and oxygen atoms in total. The van der Waals surface area contributed by atoms with E-state index in [1.807, 2.05) is 6.92 Å². The Hall–Kier alpha value is -0.380. The van der Waals surface area contributed by atoms with Crippen molar-refractivity contribution in [2.45, 2.75) is 32.5 Å². The minimum absolute atomic E-state index is 0.192. The molecule has 0 amide bonds. The lowest BCUT2D eigenvalue weighted by molar-refractivity contribution is 0.108. The fourth-order valence-corrected chi connectivity index (χ4v) is 2.40. The van der Waals surface area contributed by atoms with Crippen LogP contribution in [0.25, 0.3) is 0 Å². The van der Waals surface area contributed by atoms with E-state index in [4.69, 9.17) is 0 Å². The first-order chi connectivity index (χ1) is 7.19. The molecule has 3 heteroatoms. The van der Waals surface area contributed by atoms with Gasteiger partial charge in [-0.2, -0.15) is 0 Å². The average molecular weight is 270 g/mol. The summed E-state index contributed by atoms with van der Waals surface area (Å²) < 4.78 is 1.14. The van der Waals surface area contributed by atoms with Crippen molar-refractivity contribution in [3.63, 3.8) is 0 Å². The number of rotatable bonds is 3. The summed E-state index contributed by atoms with van der Waals surface area (Å²) in [7, 11) is 0. The van der Waals surface area contributed by atoms with Crippen LogP contribution in [0.5, 0.6) is 0 Å². The second-order valence-corrected chi connectivity index (χ2v) is 5.06. The number of fused-ring (bicyclic) bond motifs is 1. The Morgan fingerprint density at radius 2 is 2.13 bits per heavy atom. The van der Waals surface area contributed by atoms with E-state index in [1.165, 1.54) is 11.1 Å². The van der Waals surface area contributed by atoms with Crippen LogP contribution in [0.15, 0.2) is 22.7 Å². The highest BCUT2D eigenvalue weighted by Crippen LogP contribution is 2.25. The highest BCUT2D eigenvalue weighted by Gasteiger charge is 2.20. The van der Waals surface area contributed by atoms with E-state index in [9.17, 15) is 5.11 Å². The summed E-state index contributed by atoms with van der Waals surface area (Å²) in [5.41, 5.74) is 2.77. The molecule has 0 spiro atoms. The molecular weight excluding hydrogens is 254 g/mol. The normalized spacial score (nSPS) is 17.8. The van der Waals surface area contributed by atoms with Crippen LogP contribution in [0.3, 0.4) is 0 Å². The first-order valence-electron chi connectivity index (χ1n) is 5.36. The zero-order valence-electron chi connectivity index (χ0n) is 8.91. The number of aliphatic hydroxyl groups excluding tert-OH is 1. The summed E-state index contributed by atoms with van der Waals surface area (Å²) in [5.74, 6) is 0. The summed E-state index contributed by atoms with van der Waals surface area (Å²) in [4.78, 5) is 2.30. The van der Waals surface area contributed by atoms with E-state index >= 15 is 0 Å². The van der Waals surface area contributed by atoms with Crippen LogP contribution in [0.2, 0.25) is 0 Å². The molecule has 0 unspecified atom stereocenters. The lowest BCUT2D eigenvalue weighted by Crippen LogP contribution is -2.27. The van der Waals surface area contributed by atoms with Gasteiger partial charge in [0.05, 0.1) is 6.10 Å². The van der Waals surface area contributed by atoms with Crippen LogP contribution < -0.4 is 0 Å². The van der Waals surface area contributed by atoms with Crippen molar-refractivity contribution >= 4 is 15.9 Å². The Morgan fingerprint density at radius 1 is 1.40 bits per heavy atom. The van der Waals surface area contributed by atoms with Gasteiger partial charge in [0.1, 0.15) is 0 Å². The largest absolute Gasteiger partial charge is 0.392 e. The second-order valence-electron chi connectivity index (χ2n) is 4.14. The number of β-amino-alcohol motifs (C(OH)–C–C–N with tert-alkyl or cyclic N) is 1. The van der Waals surface area contributed by atoms with E-state index in [0.29, 0.717) is 0 Å². The molecule has 0 saturated heterocycles. The van der Waals surface area contributed by atoms with Gasteiger partial charge in [0, 0.05) is 24.1 Å². The lowest BCUT2D eigenvalue weighted by Gasteiger charge is -2.17. The van der Waals surface area contributed by atoms with Gasteiger partial charge in [0.15, 0.2) is 0 Å². The van der Waals surface area contributed by atoms with E-state index in [0.717, 1.165) is 30.5 Å². The number of nitrogens with zero attached hydrogens (tertiary/aromatic N) is 1. The number of hydrogen-bond donors (Lipinski definition) is 1. The van der Waals surface area contributed by atoms with E-state index < -0.39 is 0 Å². The lowest BCUT2D eigenvalue weighted by atomic mass is 10.1. The van der Waals surface area contributed by atoms with Gasteiger partial charge >= 0.3 is 0 Å². The molecule has 0 radical (unpaired) electrons. The number of benzene rings is 1. The SMILES string of the molecule is CC[C@H](O)CN1Cc2ccc(Br)cc2C1. The molecule has 15 heavy (non-hydrogen) atoms. The van der Waals surface area contributed by atoms with E-state index in [1.54, 1.807) is 0 Å². The number of halogens is 1. The Bertz CT molecular complexity index is 353. The fraction of sp³-hybridized carbons (Fsp3) is 0.500. The summed E-state index contributed by atoms with van der Waals surface area (Å²) in [6, 6.07) is 6.42. The van der Waals surface area contributed by atoms with Gasteiger partial charge < -0.3 is 5.11 Å². The molecule has 82 valence electrons. The van der Waals surface area contributed by atoms with E-state index in [-0.39, 0.29) is 6.10 Å². The summed E-state index contributed by atoms with van der Waals surface area (Å²) >= 11 is 3.48. The van der Waals surface area contributed by atoms with Crippen molar-refractivity contribution in [2.24, 2.45) is 0 Å². The van der Waals surface area contributed by atoms with Crippen molar-refractivity contribution in [3.05, 3.63) is 33.8 Å². The summed E-state index contributed by atoms with van der Waals surface area (Å²) in [6.45, 7) is 4.73. The Morgan fingerprint density at radius 3 is 2.87 bits per heavy atom. The molecule has 1 atom stereocenters. The van der Waals surface area contributed by atoms with Crippen molar-refractivity contribution in [2.75, 3.05) is 6.54 Å². The highest BCUT2D eigenvalue weighted by atomic mass is 79.9. The molecule has 0 saturated carbocycles. The average Bonchev–Trinajstić information content (AvgIpc) is 2.59. The van der Waals surface area contributed by atoms with Crippen molar-refractivity contribution in [1.29, 1.82) is 0 Å². The van der Waals surface area contributed by atoms with Crippen LogP contribution in [0, 0.1) is 0 Å². The molecule has 1 aromatic carbocycles. The second kappa shape index (κ2) is 4.64. The van der Waals surface area contributed by atoms with Crippen molar-refractivity contribution in [3.8, 4) is 0 Å². The molecule has 1 aromatic rings. The molecule has 0 aromatic heterocycles. The van der Waals surface area contributed by atoms with Crippen molar-refractivity contribution in [1.82, 2.24) is 4.90 Å². The van der Waals surface area contributed by atoms with Crippen LogP contribution in [0.1, 0.15) is 24.5 Å². The van der Waals surface area contributed by atoms with Crippen LogP contribution >= 0.6 is 15.9 Å².